The summed E-state index contributed by atoms with van der Waals surface area (Å²) in [6.07, 6.45) is 1.45. The minimum atomic E-state index is -0.156. The third-order valence-electron chi connectivity index (χ3n) is 6.60. The molecule has 5 rings (SSSR count). The van der Waals surface area contributed by atoms with E-state index in [0.717, 1.165) is 61.7 Å². The van der Waals surface area contributed by atoms with E-state index in [1.165, 1.54) is 0 Å². The Hall–Kier alpha value is -3.45. The maximum absolute atomic E-state index is 12.2. The molecule has 1 atom stereocenters. The van der Waals surface area contributed by atoms with Gasteiger partial charge in [-0.1, -0.05) is 30.3 Å². The molecule has 1 aromatic heterocycles. The van der Waals surface area contributed by atoms with E-state index in [2.05, 4.69) is 56.6 Å². The van der Waals surface area contributed by atoms with Crippen LogP contribution in [0.5, 0.6) is 17.2 Å². The number of hydrogen-bond acceptors (Lipinski definition) is 4. The summed E-state index contributed by atoms with van der Waals surface area (Å²) >= 11 is 3.77. The number of methoxy groups -OCH3 is 3. The Balaban J connectivity index is 1.83. The van der Waals surface area contributed by atoms with Crippen molar-refractivity contribution in [3.63, 3.8) is 0 Å². The number of aromatic amines is 1. The van der Waals surface area contributed by atoms with Crippen LogP contribution in [0.15, 0.2) is 53.0 Å². The Bertz CT molecular complexity index is 1430. The number of hydrogen-bond donors (Lipinski definition) is 2. The van der Waals surface area contributed by atoms with Gasteiger partial charge in [-0.2, -0.15) is 0 Å². The zero-order chi connectivity index (χ0) is 24.7. The van der Waals surface area contributed by atoms with Crippen LogP contribution in [0.2, 0.25) is 0 Å². The number of fused-ring (bicyclic) bond motifs is 4. The summed E-state index contributed by atoms with van der Waals surface area (Å²) in [7, 11) is 4.87. The molecule has 180 valence electrons. The van der Waals surface area contributed by atoms with Crippen LogP contribution in [-0.4, -0.2) is 32.2 Å². The minimum absolute atomic E-state index is 0.0651. The number of halogens is 1. The fourth-order valence-electron chi connectivity index (χ4n) is 5.10. The monoisotopic (exact) mass is 534 g/mol. The highest BCUT2D eigenvalue weighted by molar-refractivity contribution is 9.10. The number of aromatic nitrogens is 1. The number of carbonyl (C=O) groups excluding carboxylic acids is 1. The van der Waals surface area contributed by atoms with Gasteiger partial charge in [0.15, 0.2) is 11.5 Å². The zero-order valence-corrected chi connectivity index (χ0v) is 21.7. The third-order valence-corrected chi connectivity index (χ3v) is 7.44. The van der Waals surface area contributed by atoms with Crippen LogP contribution < -0.4 is 19.5 Å². The molecule has 0 saturated carbocycles. The molecule has 7 heteroatoms. The van der Waals surface area contributed by atoms with Gasteiger partial charge in [0.25, 0.3) is 0 Å². The second kappa shape index (κ2) is 9.30. The average Bonchev–Trinajstić information content (AvgIpc) is 3.22. The number of rotatable bonds is 5. The third kappa shape index (κ3) is 3.93. The number of H-pyrrole nitrogens is 1. The lowest BCUT2D eigenvalue weighted by molar-refractivity contribution is -0.119. The predicted molar refractivity (Wildman–Crippen MR) is 141 cm³/mol. The quantitative estimate of drug-likeness (QED) is 0.310. The van der Waals surface area contributed by atoms with Crippen molar-refractivity contribution < 1.29 is 19.0 Å². The topological polar surface area (TPSA) is 72.6 Å². The fourth-order valence-corrected chi connectivity index (χ4v) is 5.84. The predicted octanol–water partition coefficient (Wildman–Crippen LogP) is 6.41. The van der Waals surface area contributed by atoms with E-state index in [4.69, 9.17) is 14.2 Å². The molecule has 2 N–H and O–H groups in total. The maximum Gasteiger partial charge on any atom is 0.217 e. The van der Waals surface area contributed by atoms with Gasteiger partial charge in [0.1, 0.15) is 0 Å². The van der Waals surface area contributed by atoms with Gasteiger partial charge in [0.2, 0.25) is 11.7 Å². The molecule has 3 aromatic carbocycles. The van der Waals surface area contributed by atoms with Gasteiger partial charge < -0.3 is 24.5 Å². The Morgan fingerprint density at radius 2 is 1.71 bits per heavy atom. The van der Waals surface area contributed by atoms with Crippen molar-refractivity contribution in [1.82, 2.24) is 10.3 Å². The number of carbonyl (C=O) groups is 1. The van der Waals surface area contributed by atoms with Gasteiger partial charge in [0, 0.05) is 29.1 Å². The lowest BCUT2D eigenvalue weighted by atomic mass is 9.92. The van der Waals surface area contributed by atoms with Crippen molar-refractivity contribution in [2.45, 2.75) is 25.8 Å². The van der Waals surface area contributed by atoms with Crippen molar-refractivity contribution in [3.05, 3.63) is 64.1 Å². The summed E-state index contributed by atoms with van der Waals surface area (Å²) in [6, 6.07) is 16.6. The van der Waals surface area contributed by atoms with Gasteiger partial charge in [-0.3, -0.25) is 4.79 Å². The molecule has 1 amide bonds. The number of amides is 1. The molecule has 0 saturated heterocycles. The van der Waals surface area contributed by atoms with E-state index >= 15 is 0 Å². The molecule has 0 unspecified atom stereocenters. The van der Waals surface area contributed by atoms with Crippen LogP contribution >= 0.6 is 15.9 Å². The molecule has 1 aliphatic rings. The Morgan fingerprint density at radius 1 is 1.00 bits per heavy atom. The van der Waals surface area contributed by atoms with Gasteiger partial charge >= 0.3 is 0 Å². The molecule has 4 aromatic rings. The van der Waals surface area contributed by atoms with Gasteiger partial charge in [-0.05, 0) is 69.2 Å². The van der Waals surface area contributed by atoms with Crippen LogP contribution in [0.25, 0.3) is 33.3 Å². The molecule has 0 aliphatic heterocycles. The largest absolute Gasteiger partial charge is 0.492 e. The number of ether oxygens (including phenoxy) is 3. The van der Waals surface area contributed by atoms with Crippen molar-refractivity contribution >= 4 is 32.7 Å². The lowest BCUT2D eigenvalue weighted by Gasteiger charge is -2.22. The first-order valence-corrected chi connectivity index (χ1v) is 12.3. The number of benzene rings is 3. The van der Waals surface area contributed by atoms with Crippen molar-refractivity contribution in [1.29, 1.82) is 0 Å². The summed E-state index contributed by atoms with van der Waals surface area (Å²) in [4.78, 5) is 15.7. The van der Waals surface area contributed by atoms with Crippen molar-refractivity contribution in [2.75, 3.05) is 21.3 Å². The van der Waals surface area contributed by atoms with Gasteiger partial charge in [-0.25, -0.2) is 0 Å². The summed E-state index contributed by atoms with van der Waals surface area (Å²) in [6.45, 7) is 1.56. The Morgan fingerprint density at radius 3 is 2.37 bits per heavy atom. The molecule has 1 aliphatic carbocycles. The highest BCUT2D eigenvalue weighted by Crippen LogP contribution is 2.55. The Kier molecular flexibility index (Phi) is 6.19. The van der Waals surface area contributed by atoms with E-state index in [1.54, 1.807) is 28.3 Å². The first-order valence-electron chi connectivity index (χ1n) is 11.5. The molecular weight excluding hydrogens is 508 g/mol. The molecule has 0 radical (unpaired) electrons. The highest BCUT2D eigenvalue weighted by Gasteiger charge is 2.32. The second-order valence-electron chi connectivity index (χ2n) is 8.63. The van der Waals surface area contributed by atoms with Crippen LogP contribution in [0, 0.1) is 0 Å². The van der Waals surface area contributed by atoms with E-state index in [1.807, 2.05) is 18.2 Å². The smallest absolute Gasteiger partial charge is 0.217 e. The molecule has 6 nitrogen and oxygen atoms in total. The summed E-state index contributed by atoms with van der Waals surface area (Å²) in [5, 5.41) is 4.23. The lowest BCUT2D eigenvalue weighted by Crippen LogP contribution is -2.26. The average molecular weight is 535 g/mol. The summed E-state index contributed by atoms with van der Waals surface area (Å²) < 4.78 is 18.2. The van der Waals surface area contributed by atoms with E-state index in [0.29, 0.717) is 17.2 Å². The normalized spacial score (nSPS) is 14.6. The molecule has 1 heterocycles. The standard InChI is InChI=1S/C28H27BrN2O4/c1-15(32)30-21-11-10-18-24(26(33-2)28(35-4)27(34-3)25(18)29)20-12-17-13-22(16-8-6-5-7-9-16)31-23(17)14-19(20)21/h5-9,12-14,21,31H,10-11H2,1-4H3,(H,30,32)/t21-/m0/s1. The SMILES string of the molecule is COc1c(Br)c2c(c(OC)c1OC)-c1cc3cc(-c4ccccc4)[nH]c3cc1[C@@H](NC(C)=O)CC2. The fraction of sp³-hybridized carbons (Fsp3) is 0.250. The van der Waals surface area contributed by atoms with E-state index in [-0.39, 0.29) is 11.9 Å². The molecular formula is C28H27BrN2O4. The maximum atomic E-state index is 12.2. The van der Waals surface area contributed by atoms with E-state index < -0.39 is 0 Å². The number of nitrogens with one attached hydrogen (secondary N) is 2. The first-order chi connectivity index (χ1) is 17.0. The van der Waals surface area contributed by atoms with Crippen LogP contribution in [0.1, 0.15) is 30.5 Å². The second-order valence-corrected chi connectivity index (χ2v) is 9.43. The zero-order valence-electron chi connectivity index (χ0n) is 20.1. The minimum Gasteiger partial charge on any atom is -0.492 e. The Labute approximate surface area is 212 Å². The molecule has 0 fully saturated rings. The van der Waals surface area contributed by atoms with Crippen LogP contribution in [-0.2, 0) is 11.2 Å². The molecule has 35 heavy (non-hydrogen) atoms. The van der Waals surface area contributed by atoms with Crippen molar-refractivity contribution in [3.8, 4) is 39.6 Å². The van der Waals surface area contributed by atoms with Gasteiger partial charge in [0.05, 0.1) is 31.8 Å². The van der Waals surface area contributed by atoms with Crippen molar-refractivity contribution in [2.24, 2.45) is 0 Å². The van der Waals surface area contributed by atoms with Gasteiger partial charge in [-0.15, -0.1) is 0 Å². The first kappa shape index (κ1) is 23.3. The van der Waals surface area contributed by atoms with E-state index in [9.17, 15) is 4.79 Å². The highest BCUT2D eigenvalue weighted by atomic mass is 79.9. The molecule has 0 bridgehead atoms. The van der Waals surface area contributed by atoms with Crippen LogP contribution in [0.4, 0.5) is 0 Å². The summed E-state index contributed by atoms with van der Waals surface area (Å²) in [5.41, 5.74) is 7.21. The molecule has 0 spiro atoms. The van der Waals surface area contributed by atoms with Crippen LogP contribution in [0.3, 0.4) is 0 Å². The summed E-state index contributed by atoms with van der Waals surface area (Å²) in [5.74, 6) is 1.68.